The Balaban J connectivity index is 2.28. The molecule has 1 saturated heterocycles. The van der Waals surface area contributed by atoms with Gasteiger partial charge in [0.2, 0.25) is 0 Å². The van der Waals surface area contributed by atoms with Crippen LogP contribution in [0.2, 0.25) is 0 Å². The predicted molar refractivity (Wildman–Crippen MR) is 56.1 cm³/mol. The van der Waals surface area contributed by atoms with E-state index in [9.17, 15) is 4.79 Å². The number of amides is 2. The summed E-state index contributed by atoms with van der Waals surface area (Å²) in [6.07, 6.45) is 3.05. The van der Waals surface area contributed by atoms with Crippen molar-refractivity contribution in [2.75, 3.05) is 19.6 Å². The molecule has 1 fully saturated rings. The largest absolute Gasteiger partial charge is 0.350 e. The summed E-state index contributed by atoms with van der Waals surface area (Å²) in [5, 5.41) is 3.94. The van der Waals surface area contributed by atoms with Gasteiger partial charge in [0.05, 0.1) is 0 Å². The Morgan fingerprint density at radius 3 is 2.71 bits per heavy atom. The summed E-state index contributed by atoms with van der Waals surface area (Å²) in [6.45, 7) is 5.40. The highest BCUT2D eigenvalue weighted by atomic mass is 16.2. The molecule has 80 valence electrons. The van der Waals surface area contributed by atoms with Gasteiger partial charge in [-0.25, -0.2) is 10.2 Å². The van der Waals surface area contributed by atoms with Crippen LogP contribution in [0.1, 0.15) is 26.2 Å². The van der Waals surface area contributed by atoms with Crippen LogP contribution in [0, 0.1) is 0 Å². The second-order valence-corrected chi connectivity index (χ2v) is 3.50. The highest BCUT2D eigenvalue weighted by Crippen LogP contribution is 2.06. The minimum atomic E-state index is -0.589. The van der Waals surface area contributed by atoms with Crippen molar-refractivity contribution in [3.05, 3.63) is 0 Å². The quantitative estimate of drug-likeness (QED) is 0.649. The number of rotatable bonds is 3. The van der Waals surface area contributed by atoms with Crippen molar-refractivity contribution in [1.82, 2.24) is 10.3 Å². The summed E-state index contributed by atoms with van der Waals surface area (Å²) in [5.41, 5.74) is 8.23. The van der Waals surface area contributed by atoms with E-state index < -0.39 is 6.03 Å². The first-order valence-electron chi connectivity index (χ1n) is 5.05. The Morgan fingerprint density at radius 1 is 1.57 bits per heavy atom. The molecule has 0 atom stereocenters. The van der Waals surface area contributed by atoms with E-state index in [0.29, 0.717) is 0 Å². The van der Waals surface area contributed by atoms with Crippen molar-refractivity contribution in [2.45, 2.75) is 26.2 Å². The number of nitrogens with two attached hydrogens (primary N) is 1. The maximum Gasteiger partial charge on any atom is 0.332 e. The van der Waals surface area contributed by atoms with Crippen LogP contribution in [0.25, 0.3) is 0 Å². The zero-order valence-electron chi connectivity index (χ0n) is 8.62. The molecule has 0 aromatic heterocycles. The zero-order chi connectivity index (χ0) is 10.4. The lowest BCUT2D eigenvalue weighted by molar-refractivity contribution is 0.249. The highest BCUT2D eigenvalue weighted by Gasteiger charge is 2.13. The van der Waals surface area contributed by atoms with Gasteiger partial charge in [0.1, 0.15) is 0 Å². The molecular formula is C9H18N4O. The fourth-order valence-corrected chi connectivity index (χ4v) is 1.60. The number of carbonyl (C=O) groups excluding carboxylic acids is 1. The molecule has 0 bridgehead atoms. The molecule has 3 N–H and O–H groups in total. The summed E-state index contributed by atoms with van der Waals surface area (Å²) >= 11 is 0. The first-order valence-corrected chi connectivity index (χ1v) is 5.05. The van der Waals surface area contributed by atoms with Crippen LogP contribution in [-0.2, 0) is 0 Å². The van der Waals surface area contributed by atoms with Crippen LogP contribution >= 0.6 is 0 Å². The molecule has 1 rings (SSSR count). The van der Waals surface area contributed by atoms with Crippen molar-refractivity contribution in [1.29, 1.82) is 0 Å². The number of hydrogen-bond acceptors (Lipinski definition) is 3. The fourth-order valence-electron chi connectivity index (χ4n) is 1.60. The van der Waals surface area contributed by atoms with Crippen LogP contribution in [0.15, 0.2) is 5.10 Å². The second-order valence-electron chi connectivity index (χ2n) is 3.50. The van der Waals surface area contributed by atoms with E-state index in [4.69, 9.17) is 5.73 Å². The van der Waals surface area contributed by atoms with Gasteiger partial charge in [-0.3, -0.25) is 0 Å². The number of primary amides is 1. The topological polar surface area (TPSA) is 70.7 Å². The Morgan fingerprint density at radius 2 is 2.21 bits per heavy atom. The average molecular weight is 198 g/mol. The molecule has 1 aliphatic heterocycles. The molecular weight excluding hydrogens is 180 g/mol. The van der Waals surface area contributed by atoms with Gasteiger partial charge in [-0.2, -0.15) is 5.10 Å². The minimum absolute atomic E-state index is 0.589. The van der Waals surface area contributed by atoms with E-state index in [0.717, 1.165) is 38.2 Å². The number of likely N-dealkylation sites (tertiary alicyclic amines) is 1. The Labute approximate surface area is 84.3 Å². The fraction of sp³-hybridized carbons (Fsp3) is 0.778. The zero-order valence-corrected chi connectivity index (χ0v) is 8.62. The molecule has 1 aliphatic rings. The average Bonchev–Trinajstić information content (AvgIpc) is 2.17. The van der Waals surface area contributed by atoms with Gasteiger partial charge >= 0.3 is 6.03 Å². The maximum atomic E-state index is 10.4. The third-order valence-corrected chi connectivity index (χ3v) is 2.30. The molecule has 0 unspecified atom stereocenters. The number of piperidine rings is 1. The molecule has 0 saturated carbocycles. The monoisotopic (exact) mass is 198 g/mol. The molecule has 5 heteroatoms. The smallest absolute Gasteiger partial charge is 0.332 e. The SMILES string of the molecule is CCCN1CCC(=NNC(N)=O)CC1. The Hall–Kier alpha value is -1.10. The van der Waals surface area contributed by atoms with Crippen LogP contribution in [0.4, 0.5) is 4.79 Å². The molecule has 5 nitrogen and oxygen atoms in total. The van der Waals surface area contributed by atoms with Crippen molar-refractivity contribution in [3.8, 4) is 0 Å². The van der Waals surface area contributed by atoms with E-state index in [1.807, 2.05) is 0 Å². The van der Waals surface area contributed by atoms with Gasteiger partial charge in [-0.15, -0.1) is 0 Å². The van der Waals surface area contributed by atoms with E-state index in [-0.39, 0.29) is 0 Å². The van der Waals surface area contributed by atoms with Crippen LogP contribution in [-0.4, -0.2) is 36.3 Å². The van der Waals surface area contributed by atoms with E-state index >= 15 is 0 Å². The lowest BCUT2D eigenvalue weighted by Gasteiger charge is -2.26. The van der Waals surface area contributed by atoms with Gasteiger partial charge in [-0.1, -0.05) is 6.92 Å². The third kappa shape index (κ3) is 3.74. The molecule has 0 aromatic rings. The van der Waals surface area contributed by atoms with Crippen LogP contribution in [0.3, 0.4) is 0 Å². The normalized spacial score (nSPS) is 17.9. The van der Waals surface area contributed by atoms with Crippen molar-refractivity contribution < 1.29 is 4.79 Å². The molecule has 14 heavy (non-hydrogen) atoms. The van der Waals surface area contributed by atoms with E-state index in [1.165, 1.54) is 6.42 Å². The first kappa shape index (κ1) is 11.0. The number of nitrogens with zero attached hydrogens (tertiary/aromatic N) is 2. The van der Waals surface area contributed by atoms with Crippen molar-refractivity contribution in [3.63, 3.8) is 0 Å². The molecule has 0 spiro atoms. The van der Waals surface area contributed by atoms with Gasteiger partial charge < -0.3 is 10.6 Å². The number of hydrogen-bond donors (Lipinski definition) is 2. The number of urea groups is 1. The molecule has 0 radical (unpaired) electrons. The van der Waals surface area contributed by atoms with Crippen molar-refractivity contribution >= 4 is 11.7 Å². The Kier molecular flexibility index (Phi) is 4.39. The summed E-state index contributed by atoms with van der Waals surface area (Å²) in [6, 6.07) is -0.589. The number of nitrogens with one attached hydrogen (secondary N) is 1. The summed E-state index contributed by atoms with van der Waals surface area (Å²) < 4.78 is 0. The van der Waals surface area contributed by atoms with E-state index in [2.05, 4.69) is 22.4 Å². The van der Waals surface area contributed by atoms with Gasteiger partial charge in [0.15, 0.2) is 0 Å². The maximum absolute atomic E-state index is 10.4. The van der Waals surface area contributed by atoms with E-state index in [1.54, 1.807) is 0 Å². The lowest BCUT2D eigenvalue weighted by Crippen LogP contribution is -2.35. The minimum Gasteiger partial charge on any atom is -0.350 e. The van der Waals surface area contributed by atoms with Gasteiger partial charge in [0.25, 0.3) is 0 Å². The standard InChI is InChI=1S/C9H18N4O/c1-2-5-13-6-3-8(4-7-13)11-12-9(10)14/h2-7H2,1H3,(H3,10,12,14). The highest BCUT2D eigenvalue weighted by molar-refractivity contribution is 5.86. The number of carbonyl (C=O) groups is 1. The first-order chi connectivity index (χ1) is 6.72. The second kappa shape index (κ2) is 5.59. The lowest BCUT2D eigenvalue weighted by atomic mass is 10.1. The molecule has 1 heterocycles. The summed E-state index contributed by atoms with van der Waals surface area (Å²) in [4.78, 5) is 12.8. The predicted octanol–water partition coefficient (Wildman–Crippen LogP) is 0.517. The Bertz CT molecular complexity index is 217. The third-order valence-electron chi connectivity index (χ3n) is 2.30. The number of hydrazone groups is 1. The molecule has 2 amide bonds. The van der Waals surface area contributed by atoms with Crippen molar-refractivity contribution in [2.24, 2.45) is 10.8 Å². The van der Waals surface area contributed by atoms with Gasteiger partial charge in [0, 0.05) is 31.6 Å². The van der Waals surface area contributed by atoms with Crippen LogP contribution in [0.5, 0.6) is 0 Å². The van der Waals surface area contributed by atoms with Crippen LogP contribution < -0.4 is 11.2 Å². The summed E-state index contributed by atoms with van der Waals surface area (Å²) in [5.74, 6) is 0. The summed E-state index contributed by atoms with van der Waals surface area (Å²) in [7, 11) is 0. The van der Waals surface area contributed by atoms with Gasteiger partial charge in [-0.05, 0) is 13.0 Å². The molecule has 0 aliphatic carbocycles. The molecule has 0 aromatic carbocycles.